The summed E-state index contributed by atoms with van der Waals surface area (Å²) in [6.07, 6.45) is 6.00. The molecule has 7 nitrogen and oxygen atoms in total. The molecule has 1 aliphatic heterocycles. The van der Waals surface area contributed by atoms with E-state index in [4.69, 9.17) is 4.74 Å². The molecule has 232 valence electrons. The molecule has 0 bridgehead atoms. The third-order valence-electron chi connectivity index (χ3n) is 7.69. The number of hydrogen-bond acceptors (Lipinski definition) is 4. The van der Waals surface area contributed by atoms with Crippen LogP contribution in [0.25, 0.3) is 0 Å². The molecule has 0 saturated carbocycles. The number of nitrogens with one attached hydrogen (secondary N) is 2. The largest absolute Gasteiger partial charge is 0.489 e. The van der Waals surface area contributed by atoms with E-state index >= 15 is 0 Å². The molecule has 7 heteroatoms. The number of hydrogen-bond donors (Lipinski definition) is 2. The van der Waals surface area contributed by atoms with Gasteiger partial charge in [0.15, 0.2) is 0 Å². The van der Waals surface area contributed by atoms with Crippen LogP contribution < -0.4 is 20.3 Å². The molecule has 2 aromatic carbocycles. The van der Waals surface area contributed by atoms with Crippen LogP contribution in [0, 0.1) is 11.8 Å². The molecular formula is C35H54N4O3. The van der Waals surface area contributed by atoms with Crippen LogP contribution in [0.15, 0.2) is 54.6 Å². The Morgan fingerprint density at radius 2 is 1.55 bits per heavy atom. The molecule has 0 aliphatic carbocycles. The van der Waals surface area contributed by atoms with Gasteiger partial charge in [0.1, 0.15) is 18.4 Å². The van der Waals surface area contributed by atoms with Crippen molar-refractivity contribution < 1.29 is 14.3 Å². The summed E-state index contributed by atoms with van der Waals surface area (Å²) < 4.78 is 6.01. The summed E-state index contributed by atoms with van der Waals surface area (Å²) in [4.78, 5) is 30.9. The van der Waals surface area contributed by atoms with Crippen molar-refractivity contribution in [2.45, 2.75) is 98.3 Å². The minimum absolute atomic E-state index is 0.120. The van der Waals surface area contributed by atoms with Gasteiger partial charge in [0, 0.05) is 31.9 Å². The van der Waals surface area contributed by atoms with Gasteiger partial charge in [-0.15, -0.1) is 0 Å². The van der Waals surface area contributed by atoms with Gasteiger partial charge in [-0.25, -0.2) is 4.79 Å². The molecule has 3 amide bonds. The minimum Gasteiger partial charge on any atom is -0.489 e. The molecule has 1 atom stereocenters. The van der Waals surface area contributed by atoms with E-state index in [0.717, 1.165) is 68.7 Å². The molecule has 2 N–H and O–H groups in total. The SMILES string of the molecule is CC(C)CCN(CC(C)(C)NC(=O)C(CC(C)C)NC(=O)N1CCCCCC1)c1ccc(OCc2ccccc2)cc1. The van der Waals surface area contributed by atoms with Crippen LogP contribution in [-0.2, 0) is 11.4 Å². The lowest BCUT2D eigenvalue weighted by Crippen LogP contribution is -2.58. The highest BCUT2D eigenvalue weighted by Crippen LogP contribution is 2.23. The van der Waals surface area contributed by atoms with Crippen molar-refractivity contribution in [3.63, 3.8) is 0 Å². The number of carbonyl (C=O) groups is 2. The van der Waals surface area contributed by atoms with E-state index in [1.807, 2.05) is 35.2 Å². The average molecular weight is 579 g/mol. The Labute approximate surface area is 254 Å². The zero-order valence-corrected chi connectivity index (χ0v) is 26.8. The van der Waals surface area contributed by atoms with Crippen LogP contribution in [0.4, 0.5) is 10.5 Å². The topological polar surface area (TPSA) is 73.9 Å². The number of rotatable bonds is 14. The van der Waals surface area contributed by atoms with Gasteiger partial charge < -0.3 is 25.2 Å². The zero-order chi connectivity index (χ0) is 30.5. The van der Waals surface area contributed by atoms with Crippen LogP contribution in [0.2, 0.25) is 0 Å². The van der Waals surface area contributed by atoms with Crippen LogP contribution in [0.5, 0.6) is 5.75 Å². The molecule has 3 rings (SSSR count). The second kappa shape index (κ2) is 16.4. The molecule has 2 aromatic rings. The van der Waals surface area contributed by atoms with Gasteiger partial charge in [-0.05, 0) is 81.2 Å². The molecule has 0 aromatic heterocycles. The molecule has 42 heavy (non-hydrogen) atoms. The highest BCUT2D eigenvalue weighted by atomic mass is 16.5. The van der Waals surface area contributed by atoms with E-state index in [-0.39, 0.29) is 17.9 Å². The summed E-state index contributed by atoms with van der Waals surface area (Å²) in [6.45, 7) is 16.3. The number of benzene rings is 2. The third kappa shape index (κ3) is 11.6. The van der Waals surface area contributed by atoms with E-state index in [9.17, 15) is 9.59 Å². The first-order chi connectivity index (χ1) is 20.0. The lowest BCUT2D eigenvalue weighted by Gasteiger charge is -2.36. The van der Waals surface area contributed by atoms with Crippen LogP contribution in [0.1, 0.15) is 85.6 Å². The maximum Gasteiger partial charge on any atom is 0.318 e. The normalized spacial score (nSPS) is 14.8. The molecule has 1 heterocycles. The van der Waals surface area contributed by atoms with Gasteiger partial charge in [0.05, 0.1) is 5.54 Å². The number of urea groups is 1. The van der Waals surface area contributed by atoms with Crippen molar-refractivity contribution in [3.8, 4) is 5.75 Å². The first kappa shape index (κ1) is 33.3. The Bertz CT molecular complexity index is 1080. The summed E-state index contributed by atoms with van der Waals surface area (Å²) >= 11 is 0. The van der Waals surface area contributed by atoms with Crippen molar-refractivity contribution in [3.05, 3.63) is 60.2 Å². The number of nitrogens with zero attached hydrogens (tertiary/aromatic N) is 2. The van der Waals surface area contributed by atoms with Crippen molar-refractivity contribution in [1.82, 2.24) is 15.5 Å². The summed E-state index contributed by atoms with van der Waals surface area (Å²) in [5.74, 6) is 1.54. The quantitative estimate of drug-likeness (QED) is 0.253. The Balaban J connectivity index is 1.66. The lowest BCUT2D eigenvalue weighted by molar-refractivity contribution is -0.124. The van der Waals surface area contributed by atoms with Crippen molar-refractivity contribution in [2.75, 3.05) is 31.1 Å². The fourth-order valence-electron chi connectivity index (χ4n) is 5.36. The predicted octanol–water partition coefficient (Wildman–Crippen LogP) is 7.01. The Kier molecular flexibility index (Phi) is 13.0. The number of carbonyl (C=O) groups excluding carboxylic acids is 2. The third-order valence-corrected chi connectivity index (χ3v) is 7.69. The Hall–Kier alpha value is -3.22. The molecule has 1 unspecified atom stereocenters. The van der Waals surface area contributed by atoms with E-state index in [1.165, 1.54) is 0 Å². The smallest absolute Gasteiger partial charge is 0.318 e. The first-order valence-electron chi connectivity index (χ1n) is 15.9. The molecule has 1 aliphatic rings. The van der Waals surface area contributed by atoms with E-state index in [0.29, 0.717) is 25.5 Å². The molecule has 0 spiro atoms. The van der Waals surface area contributed by atoms with Gasteiger partial charge in [-0.1, -0.05) is 70.9 Å². The second-order valence-corrected chi connectivity index (χ2v) is 13.3. The maximum atomic E-state index is 13.6. The highest BCUT2D eigenvalue weighted by Gasteiger charge is 2.30. The van der Waals surface area contributed by atoms with Gasteiger partial charge in [-0.3, -0.25) is 4.79 Å². The highest BCUT2D eigenvalue weighted by molar-refractivity contribution is 5.87. The summed E-state index contributed by atoms with van der Waals surface area (Å²) in [5, 5.41) is 6.35. The number of likely N-dealkylation sites (tertiary alicyclic amines) is 1. The molecular weight excluding hydrogens is 524 g/mol. The zero-order valence-electron chi connectivity index (χ0n) is 26.8. The molecule has 0 radical (unpaired) electrons. The maximum absolute atomic E-state index is 13.6. The number of anilines is 1. The summed E-state index contributed by atoms with van der Waals surface area (Å²) in [5.41, 5.74) is 1.72. The number of ether oxygens (including phenoxy) is 1. The van der Waals surface area contributed by atoms with Gasteiger partial charge in [0.25, 0.3) is 0 Å². The number of amides is 3. The monoisotopic (exact) mass is 578 g/mol. The fourth-order valence-corrected chi connectivity index (χ4v) is 5.36. The van der Waals surface area contributed by atoms with E-state index < -0.39 is 11.6 Å². The van der Waals surface area contributed by atoms with Gasteiger partial charge in [-0.2, -0.15) is 0 Å². The second-order valence-electron chi connectivity index (χ2n) is 13.3. The van der Waals surface area contributed by atoms with E-state index in [1.54, 1.807) is 0 Å². The van der Waals surface area contributed by atoms with Crippen molar-refractivity contribution in [2.24, 2.45) is 11.8 Å². The Morgan fingerprint density at radius 3 is 2.14 bits per heavy atom. The lowest BCUT2D eigenvalue weighted by atomic mass is 9.99. The summed E-state index contributed by atoms with van der Waals surface area (Å²) in [7, 11) is 0. The molecule has 1 fully saturated rings. The van der Waals surface area contributed by atoms with E-state index in [2.05, 4.69) is 81.3 Å². The van der Waals surface area contributed by atoms with Gasteiger partial charge >= 0.3 is 6.03 Å². The van der Waals surface area contributed by atoms with Crippen molar-refractivity contribution in [1.29, 1.82) is 0 Å². The first-order valence-corrected chi connectivity index (χ1v) is 15.9. The van der Waals surface area contributed by atoms with Crippen molar-refractivity contribution >= 4 is 17.6 Å². The average Bonchev–Trinajstić information content (AvgIpc) is 3.24. The van der Waals surface area contributed by atoms with Crippen LogP contribution in [-0.4, -0.2) is 54.6 Å². The predicted molar refractivity (Wildman–Crippen MR) is 173 cm³/mol. The van der Waals surface area contributed by atoms with Gasteiger partial charge in [0.2, 0.25) is 5.91 Å². The van der Waals surface area contributed by atoms with Crippen LogP contribution in [0.3, 0.4) is 0 Å². The minimum atomic E-state index is -0.565. The molecule has 1 saturated heterocycles. The fraction of sp³-hybridized carbons (Fsp3) is 0.600. The summed E-state index contributed by atoms with van der Waals surface area (Å²) in [6, 6.07) is 17.7. The van der Waals surface area contributed by atoms with Crippen LogP contribution >= 0.6 is 0 Å². The Morgan fingerprint density at radius 1 is 0.905 bits per heavy atom. The standard InChI is InChI=1S/C35H54N4O3/c1-27(2)20-23-39(30-16-18-31(19-17-30)42-25-29-14-10-9-11-15-29)26-35(5,6)37-33(40)32(24-28(3)4)36-34(41)38-21-12-7-8-13-22-38/h9-11,14-19,27-28,32H,7-8,12-13,20-26H2,1-6H3,(H,36,41)(H,37,40).